The molecule has 0 aromatic heterocycles. The van der Waals surface area contributed by atoms with Crippen LogP contribution in [0.15, 0.2) is 24.3 Å². The summed E-state index contributed by atoms with van der Waals surface area (Å²) >= 11 is 0. The first kappa shape index (κ1) is 16.5. The van der Waals surface area contributed by atoms with Crippen molar-refractivity contribution in [1.29, 1.82) is 0 Å². The first-order valence-electron chi connectivity index (χ1n) is 8.80. The molecule has 1 heteroatoms. The van der Waals surface area contributed by atoms with E-state index in [1.807, 2.05) is 0 Å². The number of rotatable bonds is 6. The predicted molar refractivity (Wildman–Crippen MR) is 92.8 cm³/mol. The Morgan fingerprint density at radius 1 is 1.10 bits per heavy atom. The molecule has 1 aromatic carbocycles. The number of nitrogens with one attached hydrogen (secondary N) is 1. The fraction of sp³-hybridized carbons (Fsp3) is 0.700. The van der Waals surface area contributed by atoms with Gasteiger partial charge in [0, 0.05) is 6.04 Å². The lowest BCUT2D eigenvalue weighted by atomic mass is 9.86. The van der Waals surface area contributed by atoms with Gasteiger partial charge in [0.25, 0.3) is 0 Å². The van der Waals surface area contributed by atoms with Gasteiger partial charge in [0.05, 0.1) is 0 Å². The summed E-state index contributed by atoms with van der Waals surface area (Å²) < 4.78 is 0. The molecule has 0 saturated heterocycles. The summed E-state index contributed by atoms with van der Waals surface area (Å²) in [6.45, 7) is 10.2. The molecule has 1 nitrogen and oxygen atoms in total. The molecule has 0 amide bonds. The minimum absolute atomic E-state index is 0.247. The van der Waals surface area contributed by atoms with E-state index >= 15 is 0 Å². The number of hydrogen-bond donors (Lipinski definition) is 1. The lowest BCUT2D eigenvalue weighted by Gasteiger charge is -2.21. The summed E-state index contributed by atoms with van der Waals surface area (Å²) in [5.41, 5.74) is 3.07. The van der Waals surface area contributed by atoms with Gasteiger partial charge in [0.2, 0.25) is 0 Å². The van der Waals surface area contributed by atoms with Gasteiger partial charge in [0.1, 0.15) is 0 Å². The zero-order valence-corrected chi connectivity index (χ0v) is 14.4. The summed E-state index contributed by atoms with van der Waals surface area (Å²) in [5, 5.41) is 3.68. The van der Waals surface area contributed by atoms with E-state index in [-0.39, 0.29) is 5.41 Å². The van der Waals surface area contributed by atoms with E-state index in [1.165, 1.54) is 49.7 Å². The van der Waals surface area contributed by atoms with Crippen molar-refractivity contribution in [2.24, 2.45) is 5.92 Å². The molecule has 0 spiro atoms. The van der Waals surface area contributed by atoms with Crippen molar-refractivity contribution in [3.63, 3.8) is 0 Å². The minimum Gasteiger partial charge on any atom is -0.310 e. The Hall–Kier alpha value is -0.820. The Bertz CT molecular complexity index is 406. The van der Waals surface area contributed by atoms with Crippen LogP contribution in [0.4, 0.5) is 0 Å². The van der Waals surface area contributed by atoms with E-state index in [9.17, 15) is 0 Å². The third kappa shape index (κ3) is 5.14. The molecule has 0 heterocycles. The molecule has 1 aliphatic rings. The zero-order valence-electron chi connectivity index (χ0n) is 14.4. The second kappa shape index (κ2) is 7.45. The predicted octanol–water partition coefficient (Wildman–Crippen LogP) is 5.61. The average molecular weight is 287 g/mol. The Kier molecular flexibility index (Phi) is 5.87. The smallest absolute Gasteiger partial charge is 0.0291 e. The van der Waals surface area contributed by atoms with Crippen LogP contribution in [-0.2, 0) is 5.41 Å². The SMILES string of the molecule is CC(NCCCC1CCCC1)c1ccc(C(C)(C)C)cc1. The number of benzene rings is 1. The van der Waals surface area contributed by atoms with Crippen molar-refractivity contribution in [2.45, 2.75) is 77.7 Å². The van der Waals surface area contributed by atoms with E-state index in [0.29, 0.717) is 6.04 Å². The second-order valence-corrected chi connectivity index (χ2v) is 7.84. The van der Waals surface area contributed by atoms with Crippen LogP contribution in [0.25, 0.3) is 0 Å². The molecule has 1 aliphatic carbocycles. The lowest BCUT2D eigenvalue weighted by molar-refractivity contribution is 0.456. The second-order valence-electron chi connectivity index (χ2n) is 7.84. The van der Waals surface area contributed by atoms with Crippen molar-refractivity contribution < 1.29 is 0 Å². The summed E-state index contributed by atoms with van der Waals surface area (Å²) in [4.78, 5) is 0. The monoisotopic (exact) mass is 287 g/mol. The van der Waals surface area contributed by atoms with Gasteiger partial charge < -0.3 is 5.32 Å². The van der Waals surface area contributed by atoms with Crippen LogP contribution in [0, 0.1) is 5.92 Å². The quantitative estimate of drug-likeness (QED) is 0.671. The van der Waals surface area contributed by atoms with E-state index < -0.39 is 0 Å². The summed E-state index contributed by atoms with van der Waals surface area (Å²) in [7, 11) is 0. The van der Waals surface area contributed by atoms with E-state index in [0.717, 1.165) is 12.5 Å². The number of hydrogen-bond acceptors (Lipinski definition) is 1. The Labute approximate surface area is 131 Å². The van der Waals surface area contributed by atoms with Gasteiger partial charge in [-0.25, -0.2) is 0 Å². The molecule has 1 saturated carbocycles. The zero-order chi connectivity index (χ0) is 15.3. The van der Waals surface area contributed by atoms with Gasteiger partial charge >= 0.3 is 0 Å². The standard InChI is InChI=1S/C20H33N/c1-16(21-15-7-10-17-8-5-6-9-17)18-11-13-19(14-12-18)20(2,3)4/h11-14,16-17,21H,5-10,15H2,1-4H3. The molecular formula is C20H33N. The van der Waals surface area contributed by atoms with Crippen LogP contribution in [0.3, 0.4) is 0 Å². The van der Waals surface area contributed by atoms with Crippen molar-refractivity contribution in [3.05, 3.63) is 35.4 Å². The third-order valence-electron chi connectivity index (χ3n) is 4.99. The van der Waals surface area contributed by atoms with Crippen LogP contribution in [0.5, 0.6) is 0 Å². The molecule has 1 unspecified atom stereocenters. The largest absolute Gasteiger partial charge is 0.310 e. The lowest BCUT2D eigenvalue weighted by Crippen LogP contribution is -2.20. The highest BCUT2D eigenvalue weighted by Crippen LogP contribution is 2.28. The minimum atomic E-state index is 0.247. The van der Waals surface area contributed by atoms with E-state index in [1.54, 1.807) is 0 Å². The third-order valence-corrected chi connectivity index (χ3v) is 4.99. The highest BCUT2D eigenvalue weighted by molar-refractivity contribution is 5.28. The van der Waals surface area contributed by atoms with Crippen LogP contribution in [0.1, 0.15) is 83.4 Å². The molecule has 0 bridgehead atoms. The molecule has 21 heavy (non-hydrogen) atoms. The van der Waals surface area contributed by atoms with E-state index in [4.69, 9.17) is 0 Å². The molecule has 1 aromatic rings. The molecule has 1 atom stereocenters. The first-order valence-corrected chi connectivity index (χ1v) is 8.80. The van der Waals surface area contributed by atoms with Crippen LogP contribution < -0.4 is 5.32 Å². The average Bonchev–Trinajstić information content (AvgIpc) is 2.96. The van der Waals surface area contributed by atoms with Crippen molar-refractivity contribution >= 4 is 0 Å². The topological polar surface area (TPSA) is 12.0 Å². The molecule has 0 aliphatic heterocycles. The molecule has 0 radical (unpaired) electrons. The van der Waals surface area contributed by atoms with Gasteiger partial charge in [-0.05, 0) is 48.8 Å². The highest BCUT2D eigenvalue weighted by atomic mass is 14.9. The fourth-order valence-electron chi connectivity index (χ4n) is 3.40. The van der Waals surface area contributed by atoms with Crippen molar-refractivity contribution in [1.82, 2.24) is 5.32 Å². The molecule has 2 rings (SSSR count). The van der Waals surface area contributed by atoms with Crippen LogP contribution >= 0.6 is 0 Å². The van der Waals surface area contributed by atoms with Gasteiger partial charge in [-0.2, -0.15) is 0 Å². The first-order chi connectivity index (χ1) is 9.97. The van der Waals surface area contributed by atoms with Crippen molar-refractivity contribution in [2.75, 3.05) is 6.54 Å². The normalized spacial score (nSPS) is 18.1. The Balaban J connectivity index is 1.73. The molecular weight excluding hydrogens is 254 g/mol. The maximum Gasteiger partial charge on any atom is 0.0291 e. The van der Waals surface area contributed by atoms with Gasteiger partial charge in [0.15, 0.2) is 0 Å². The molecule has 1 N–H and O–H groups in total. The Morgan fingerprint density at radius 3 is 2.29 bits per heavy atom. The summed E-state index contributed by atoms with van der Waals surface area (Å²) in [5.74, 6) is 1.02. The van der Waals surface area contributed by atoms with Crippen molar-refractivity contribution in [3.8, 4) is 0 Å². The maximum atomic E-state index is 3.68. The fourth-order valence-corrected chi connectivity index (χ4v) is 3.40. The van der Waals surface area contributed by atoms with Gasteiger partial charge in [-0.15, -0.1) is 0 Å². The van der Waals surface area contributed by atoms with Gasteiger partial charge in [-0.3, -0.25) is 0 Å². The van der Waals surface area contributed by atoms with Crippen LogP contribution in [0.2, 0.25) is 0 Å². The van der Waals surface area contributed by atoms with E-state index in [2.05, 4.69) is 57.3 Å². The highest BCUT2D eigenvalue weighted by Gasteiger charge is 2.15. The maximum absolute atomic E-state index is 3.68. The summed E-state index contributed by atoms with van der Waals surface area (Å²) in [6.07, 6.45) is 8.63. The summed E-state index contributed by atoms with van der Waals surface area (Å²) in [6, 6.07) is 9.60. The molecule has 118 valence electrons. The molecule has 1 fully saturated rings. The van der Waals surface area contributed by atoms with Crippen LogP contribution in [-0.4, -0.2) is 6.54 Å². The van der Waals surface area contributed by atoms with Gasteiger partial charge in [-0.1, -0.05) is 70.7 Å². The Morgan fingerprint density at radius 2 is 1.71 bits per heavy atom.